The van der Waals surface area contributed by atoms with E-state index in [1.807, 2.05) is 31.6 Å². The van der Waals surface area contributed by atoms with E-state index >= 15 is 0 Å². The molecule has 0 spiro atoms. The Labute approximate surface area is 222 Å². The van der Waals surface area contributed by atoms with Gasteiger partial charge in [0.1, 0.15) is 5.69 Å². The zero-order chi connectivity index (χ0) is 25.7. The predicted molar refractivity (Wildman–Crippen MR) is 147 cm³/mol. The number of ether oxygens (including phenoxy) is 1. The Bertz CT molecular complexity index is 1060. The first kappa shape index (κ1) is 26.2. The van der Waals surface area contributed by atoms with E-state index in [2.05, 4.69) is 27.2 Å². The van der Waals surface area contributed by atoms with Crippen molar-refractivity contribution >= 4 is 52.0 Å². The molecule has 1 N–H and O–H groups in total. The molecule has 0 aliphatic carbocycles. The summed E-state index contributed by atoms with van der Waals surface area (Å²) in [6.07, 6.45) is 1.57. The third kappa shape index (κ3) is 6.25. The molecule has 1 aromatic carbocycles. The lowest BCUT2D eigenvalue weighted by Crippen LogP contribution is -2.50. The summed E-state index contributed by atoms with van der Waals surface area (Å²) < 4.78 is 5.05. The van der Waals surface area contributed by atoms with Crippen LogP contribution in [-0.4, -0.2) is 96.8 Å². The van der Waals surface area contributed by atoms with E-state index in [1.165, 1.54) is 0 Å². The second-order valence-electron chi connectivity index (χ2n) is 9.18. The number of carbonyl (C=O) groups excluding carboxylic acids is 2. The van der Waals surface area contributed by atoms with Crippen molar-refractivity contribution in [2.24, 2.45) is 0 Å². The molecular weight excluding hydrogens is 496 g/mol. The van der Waals surface area contributed by atoms with Crippen molar-refractivity contribution in [2.45, 2.75) is 25.7 Å². The number of benzene rings is 1. The minimum Gasteiger partial charge on any atom is -0.450 e. The Kier molecular flexibility index (Phi) is 8.63. The normalized spacial score (nSPS) is 16.6. The van der Waals surface area contributed by atoms with Gasteiger partial charge in [-0.1, -0.05) is 0 Å². The molecule has 0 saturated carbocycles. The molecule has 9 nitrogen and oxygen atoms in total. The van der Waals surface area contributed by atoms with Crippen molar-refractivity contribution < 1.29 is 14.3 Å². The highest BCUT2D eigenvalue weighted by Gasteiger charge is 2.29. The molecule has 11 heteroatoms. The summed E-state index contributed by atoms with van der Waals surface area (Å²) in [5.41, 5.74) is 2.63. The molecule has 2 fully saturated rings. The van der Waals surface area contributed by atoms with Gasteiger partial charge < -0.3 is 29.7 Å². The molecule has 0 unspecified atom stereocenters. The van der Waals surface area contributed by atoms with Gasteiger partial charge in [-0.25, -0.2) is 9.78 Å². The summed E-state index contributed by atoms with van der Waals surface area (Å²) in [7, 11) is 4.04. The van der Waals surface area contributed by atoms with E-state index in [1.54, 1.807) is 28.1 Å². The minimum absolute atomic E-state index is 0.0656. The molecule has 1 aromatic heterocycles. The van der Waals surface area contributed by atoms with E-state index in [9.17, 15) is 9.59 Å². The van der Waals surface area contributed by atoms with Gasteiger partial charge in [0.2, 0.25) is 0 Å². The first-order valence-electron chi connectivity index (χ1n) is 12.4. The maximum atomic E-state index is 13.0. The molecule has 2 saturated heterocycles. The smallest absolute Gasteiger partial charge is 0.409 e. The number of nitrogens with zero attached hydrogens (tertiary/aromatic N) is 5. The Hall–Kier alpha value is -2.92. The molecule has 194 valence electrons. The average molecular weight is 531 g/mol. The van der Waals surface area contributed by atoms with Crippen LogP contribution in [0.25, 0.3) is 0 Å². The zero-order valence-corrected chi connectivity index (χ0v) is 22.7. The number of aromatic nitrogens is 1. The Morgan fingerprint density at radius 1 is 1.06 bits per heavy atom. The molecule has 2 amide bonds. The topological polar surface area (TPSA) is 81.2 Å². The number of piperidine rings is 1. The number of anilines is 2. The highest BCUT2D eigenvalue weighted by Crippen LogP contribution is 2.31. The Morgan fingerprint density at radius 2 is 1.69 bits per heavy atom. The largest absolute Gasteiger partial charge is 0.450 e. The number of carbonyl (C=O) groups is 2. The van der Waals surface area contributed by atoms with Crippen LogP contribution in [0.15, 0.2) is 29.6 Å². The predicted octanol–water partition coefficient (Wildman–Crippen LogP) is 3.70. The molecule has 3 heterocycles. The molecule has 2 aliphatic rings. The Balaban J connectivity index is 1.25. The number of hydrogen-bond donors (Lipinski definition) is 1. The molecule has 4 rings (SSSR count). The summed E-state index contributed by atoms with van der Waals surface area (Å²) in [4.78, 5) is 37.2. The average Bonchev–Trinajstić information content (AvgIpc) is 3.39. The van der Waals surface area contributed by atoms with Crippen molar-refractivity contribution in [3.8, 4) is 0 Å². The lowest BCUT2D eigenvalue weighted by atomic mass is 9.98. The number of nitrogens with one attached hydrogen (secondary N) is 1. The number of hydrogen-bond acceptors (Lipinski definition) is 7. The number of rotatable bonds is 5. The van der Waals surface area contributed by atoms with Gasteiger partial charge in [0, 0.05) is 76.0 Å². The van der Waals surface area contributed by atoms with Crippen LogP contribution in [-0.2, 0) is 4.74 Å². The number of piperazine rings is 1. The first-order valence-corrected chi connectivity index (χ1v) is 13.6. The van der Waals surface area contributed by atoms with Gasteiger partial charge in [0.05, 0.1) is 11.6 Å². The summed E-state index contributed by atoms with van der Waals surface area (Å²) >= 11 is 7.22. The van der Waals surface area contributed by atoms with Gasteiger partial charge in [-0.3, -0.25) is 4.79 Å². The van der Waals surface area contributed by atoms with Crippen LogP contribution >= 0.6 is 23.6 Å². The maximum Gasteiger partial charge on any atom is 0.409 e. The summed E-state index contributed by atoms with van der Waals surface area (Å²) in [5.74, 6) is 0.264. The fourth-order valence-corrected chi connectivity index (χ4v) is 5.68. The zero-order valence-electron chi connectivity index (χ0n) is 21.1. The molecule has 0 atom stereocenters. The number of thiazole rings is 1. The summed E-state index contributed by atoms with van der Waals surface area (Å²) in [6.45, 7) is 5.79. The van der Waals surface area contributed by atoms with E-state index < -0.39 is 0 Å². The van der Waals surface area contributed by atoms with Gasteiger partial charge in [0.15, 0.2) is 5.11 Å². The van der Waals surface area contributed by atoms with Crippen LogP contribution in [0, 0.1) is 0 Å². The van der Waals surface area contributed by atoms with Crippen molar-refractivity contribution in [1.82, 2.24) is 19.7 Å². The van der Waals surface area contributed by atoms with Crippen molar-refractivity contribution in [3.05, 3.63) is 40.3 Å². The number of likely N-dealkylation sites (tertiary alicyclic amines) is 1. The number of thiocarbonyl (C=S) groups is 1. The maximum absolute atomic E-state index is 13.0. The quantitative estimate of drug-likeness (QED) is 0.586. The highest BCUT2D eigenvalue weighted by atomic mass is 32.1. The summed E-state index contributed by atoms with van der Waals surface area (Å²) in [5, 5.41) is 6.97. The van der Waals surface area contributed by atoms with E-state index in [0.29, 0.717) is 44.4 Å². The minimum atomic E-state index is -0.316. The van der Waals surface area contributed by atoms with E-state index in [4.69, 9.17) is 21.9 Å². The lowest BCUT2D eigenvalue weighted by Gasteiger charge is -2.33. The van der Waals surface area contributed by atoms with Gasteiger partial charge in [-0.2, -0.15) is 0 Å². The van der Waals surface area contributed by atoms with Crippen LogP contribution in [0.4, 0.5) is 16.2 Å². The third-order valence-corrected chi connectivity index (χ3v) is 7.97. The van der Waals surface area contributed by atoms with Crippen LogP contribution in [0.5, 0.6) is 0 Å². The van der Waals surface area contributed by atoms with Crippen LogP contribution in [0.1, 0.15) is 41.2 Å². The van der Waals surface area contributed by atoms with Crippen LogP contribution in [0.2, 0.25) is 0 Å². The van der Waals surface area contributed by atoms with Gasteiger partial charge >= 0.3 is 6.09 Å². The SMILES string of the molecule is CCOC(=O)N1CCN(C(=O)c2csc(C3CCN(C(=S)Nc4ccc(N(C)C)cc4)CC3)n2)CC1. The molecule has 0 radical (unpaired) electrons. The first-order chi connectivity index (χ1) is 17.4. The molecule has 36 heavy (non-hydrogen) atoms. The fraction of sp³-hybridized carbons (Fsp3) is 0.520. The Morgan fingerprint density at radius 3 is 2.31 bits per heavy atom. The monoisotopic (exact) mass is 530 g/mol. The van der Waals surface area contributed by atoms with Crippen molar-refractivity contribution in [1.29, 1.82) is 0 Å². The van der Waals surface area contributed by atoms with Crippen molar-refractivity contribution in [2.75, 3.05) is 70.2 Å². The standard InChI is InChI=1S/C25H34N6O3S2/c1-4-34-25(33)31-15-13-29(14-16-31)23(32)21-17-36-22(27-21)18-9-11-30(12-10-18)24(35)26-19-5-7-20(8-6-19)28(2)3/h5-8,17-18H,4,9-16H2,1-3H3,(H,26,35). The van der Waals surface area contributed by atoms with E-state index in [-0.39, 0.29) is 12.0 Å². The molecular formula is C25H34N6O3S2. The van der Waals surface area contributed by atoms with Gasteiger partial charge in [-0.15, -0.1) is 11.3 Å². The number of amides is 2. The van der Waals surface area contributed by atoms with Crippen LogP contribution in [0.3, 0.4) is 0 Å². The van der Waals surface area contributed by atoms with Gasteiger partial charge in [0.25, 0.3) is 5.91 Å². The molecule has 2 aliphatic heterocycles. The second-order valence-corrected chi connectivity index (χ2v) is 10.5. The molecule has 2 aromatic rings. The highest BCUT2D eigenvalue weighted by molar-refractivity contribution is 7.80. The van der Waals surface area contributed by atoms with E-state index in [0.717, 1.165) is 47.4 Å². The lowest BCUT2D eigenvalue weighted by molar-refractivity contribution is 0.0566. The summed E-state index contributed by atoms with van der Waals surface area (Å²) in [6, 6.07) is 8.22. The molecule has 0 bridgehead atoms. The van der Waals surface area contributed by atoms with Gasteiger partial charge in [-0.05, 0) is 56.2 Å². The fourth-order valence-electron chi connectivity index (χ4n) is 4.42. The second kappa shape index (κ2) is 11.9. The van der Waals surface area contributed by atoms with Crippen molar-refractivity contribution in [3.63, 3.8) is 0 Å². The third-order valence-electron chi connectivity index (χ3n) is 6.60. The van der Waals surface area contributed by atoms with Crippen LogP contribution < -0.4 is 10.2 Å².